The van der Waals surface area contributed by atoms with Crippen molar-refractivity contribution in [3.05, 3.63) is 81.5 Å². The minimum absolute atomic E-state index is 0.0827. The summed E-state index contributed by atoms with van der Waals surface area (Å²) in [6, 6.07) is 12.8. The van der Waals surface area contributed by atoms with E-state index in [0.717, 1.165) is 16.9 Å². The lowest BCUT2D eigenvalue weighted by Gasteiger charge is -2.10. The van der Waals surface area contributed by atoms with Crippen LogP contribution in [0, 0.1) is 13.8 Å². The van der Waals surface area contributed by atoms with E-state index in [4.69, 9.17) is 11.6 Å². The van der Waals surface area contributed by atoms with Crippen molar-refractivity contribution in [1.29, 1.82) is 0 Å². The summed E-state index contributed by atoms with van der Waals surface area (Å²) < 4.78 is 3.36. The third-order valence-corrected chi connectivity index (χ3v) is 5.07. The van der Waals surface area contributed by atoms with E-state index in [0.29, 0.717) is 28.0 Å². The zero-order valence-corrected chi connectivity index (χ0v) is 17.0. The molecule has 7 nitrogen and oxygen atoms in total. The summed E-state index contributed by atoms with van der Waals surface area (Å²) in [5, 5.41) is 3.78. The van der Waals surface area contributed by atoms with Crippen LogP contribution in [0.1, 0.15) is 11.3 Å². The van der Waals surface area contributed by atoms with Gasteiger partial charge in [0.2, 0.25) is 5.95 Å². The van der Waals surface area contributed by atoms with Gasteiger partial charge in [0.15, 0.2) is 5.82 Å². The van der Waals surface area contributed by atoms with Crippen molar-refractivity contribution in [3.63, 3.8) is 0 Å². The summed E-state index contributed by atoms with van der Waals surface area (Å²) in [6.45, 7) is 3.73. The minimum Gasteiger partial charge on any atom is -0.324 e. The highest BCUT2D eigenvalue weighted by atomic mass is 35.5. The second-order valence-electron chi connectivity index (χ2n) is 6.65. The van der Waals surface area contributed by atoms with Gasteiger partial charge in [-0.1, -0.05) is 17.7 Å². The van der Waals surface area contributed by atoms with Crippen molar-refractivity contribution in [2.24, 2.45) is 7.05 Å². The van der Waals surface area contributed by atoms with E-state index in [1.807, 2.05) is 51.2 Å². The molecule has 3 heterocycles. The second-order valence-corrected chi connectivity index (χ2v) is 7.09. The van der Waals surface area contributed by atoms with Crippen molar-refractivity contribution in [2.45, 2.75) is 13.8 Å². The van der Waals surface area contributed by atoms with Gasteiger partial charge in [-0.25, -0.2) is 15.0 Å². The average Bonchev–Trinajstić information content (AvgIpc) is 2.91. The molecule has 0 aliphatic carbocycles. The van der Waals surface area contributed by atoms with E-state index in [1.165, 1.54) is 0 Å². The fraction of sp³-hybridized carbons (Fsp3) is 0.143. The van der Waals surface area contributed by atoms with E-state index < -0.39 is 0 Å². The second kappa shape index (κ2) is 7.52. The van der Waals surface area contributed by atoms with Gasteiger partial charge in [0.25, 0.3) is 5.56 Å². The van der Waals surface area contributed by atoms with Crippen LogP contribution in [-0.2, 0) is 7.05 Å². The molecule has 29 heavy (non-hydrogen) atoms. The number of nitrogens with zero attached hydrogens (tertiary/aromatic N) is 5. The first-order chi connectivity index (χ1) is 13.9. The summed E-state index contributed by atoms with van der Waals surface area (Å²) in [7, 11) is 1.84. The van der Waals surface area contributed by atoms with Crippen molar-refractivity contribution >= 4 is 23.2 Å². The molecule has 0 saturated carbocycles. The number of pyridine rings is 1. The van der Waals surface area contributed by atoms with Gasteiger partial charge in [-0.05, 0) is 50.2 Å². The monoisotopic (exact) mass is 406 g/mol. The molecule has 0 radical (unpaired) electrons. The van der Waals surface area contributed by atoms with E-state index in [1.54, 1.807) is 33.9 Å². The van der Waals surface area contributed by atoms with Gasteiger partial charge >= 0.3 is 0 Å². The molecule has 1 aromatic carbocycles. The number of hydrogen-bond acceptors (Lipinski definition) is 5. The van der Waals surface area contributed by atoms with E-state index >= 15 is 0 Å². The lowest BCUT2D eigenvalue weighted by Crippen LogP contribution is -2.21. The molecule has 0 spiro atoms. The van der Waals surface area contributed by atoms with Gasteiger partial charge in [-0.15, -0.1) is 0 Å². The highest BCUT2D eigenvalue weighted by Gasteiger charge is 2.14. The third kappa shape index (κ3) is 3.64. The molecule has 0 atom stereocenters. The number of halogens is 1. The molecule has 0 aliphatic rings. The first-order valence-electron chi connectivity index (χ1n) is 9.01. The Kier molecular flexibility index (Phi) is 4.90. The molecule has 4 rings (SSSR count). The smallest absolute Gasteiger partial charge is 0.275 e. The summed E-state index contributed by atoms with van der Waals surface area (Å²) in [4.78, 5) is 25.8. The van der Waals surface area contributed by atoms with Crippen LogP contribution in [0.25, 0.3) is 17.1 Å². The zero-order chi connectivity index (χ0) is 20.5. The predicted octanol–water partition coefficient (Wildman–Crippen LogP) is 4.04. The molecular weight excluding hydrogens is 388 g/mol. The minimum atomic E-state index is -0.0827. The Bertz CT molecular complexity index is 1260. The molecule has 8 heteroatoms. The van der Waals surface area contributed by atoms with Crippen LogP contribution in [0.15, 0.2) is 59.7 Å². The van der Waals surface area contributed by atoms with E-state index in [9.17, 15) is 4.79 Å². The Balaban J connectivity index is 1.71. The highest BCUT2D eigenvalue weighted by Crippen LogP contribution is 2.22. The summed E-state index contributed by atoms with van der Waals surface area (Å²) in [6.07, 6.45) is 3.35. The maximum Gasteiger partial charge on any atom is 0.275 e. The largest absolute Gasteiger partial charge is 0.324 e. The van der Waals surface area contributed by atoms with Gasteiger partial charge in [-0.2, -0.15) is 4.68 Å². The molecule has 0 amide bonds. The van der Waals surface area contributed by atoms with Crippen LogP contribution in [0.4, 0.5) is 11.6 Å². The first kappa shape index (κ1) is 18.9. The Morgan fingerprint density at radius 1 is 1.03 bits per heavy atom. The Morgan fingerprint density at radius 3 is 2.55 bits per heavy atom. The van der Waals surface area contributed by atoms with Crippen LogP contribution in [0.2, 0.25) is 5.02 Å². The number of aromatic nitrogens is 5. The molecule has 0 fully saturated rings. The Hall–Kier alpha value is -3.45. The molecule has 0 unspecified atom stereocenters. The molecule has 146 valence electrons. The zero-order valence-electron chi connectivity index (χ0n) is 16.2. The third-order valence-electron chi connectivity index (χ3n) is 4.84. The van der Waals surface area contributed by atoms with E-state index in [-0.39, 0.29) is 5.56 Å². The molecule has 0 saturated heterocycles. The van der Waals surface area contributed by atoms with Crippen LogP contribution in [0.3, 0.4) is 0 Å². The topological polar surface area (TPSA) is 77.6 Å². The Morgan fingerprint density at radius 2 is 1.83 bits per heavy atom. The SMILES string of the molecule is Cc1c(C)n(C)n(-c2cc(-c3ccnc(Nc4cccc(Cl)c4)n3)ccn2)c1=O. The van der Waals surface area contributed by atoms with Crippen LogP contribution >= 0.6 is 11.6 Å². The van der Waals surface area contributed by atoms with Crippen molar-refractivity contribution in [2.75, 3.05) is 5.32 Å². The summed E-state index contributed by atoms with van der Waals surface area (Å²) >= 11 is 6.03. The Labute approximate surface area is 172 Å². The average molecular weight is 407 g/mol. The number of nitrogens with one attached hydrogen (secondary N) is 1. The van der Waals surface area contributed by atoms with Gasteiger partial charge < -0.3 is 5.32 Å². The maximum atomic E-state index is 12.6. The number of benzene rings is 1. The molecule has 1 N–H and O–H groups in total. The number of hydrogen-bond donors (Lipinski definition) is 1. The lowest BCUT2D eigenvalue weighted by atomic mass is 10.2. The normalized spacial score (nSPS) is 10.9. The van der Waals surface area contributed by atoms with Crippen molar-refractivity contribution in [3.8, 4) is 17.1 Å². The van der Waals surface area contributed by atoms with Crippen molar-refractivity contribution in [1.82, 2.24) is 24.3 Å². The molecule has 4 aromatic rings. The van der Waals surface area contributed by atoms with Crippen LogP contribution in [0.5, 0.6) is 0 Å². The molecule has 0 aliphatic heterocycles. The quantitative estimate of drug-likeness (QED) is 0.553. The van der Waals surface area contributed by atoms with Crippen LogP contribution < -0.4 is 10.9 Å². The highest BCUT2D eigenvalue weighted by molar-refractivity contribution is 6.30. The summed E-state index contributed by atoms with van der Waals surface area (Å²) in [5.74, 6) is 0.986. The molecule has 3 aromatic heterocycles. The maximum absolute atomic E-state index is 12.6. The molecular formula is C21H19ClN6O. The lowest BCUT2D eigenvalue weighted by molar-refractivity contribution is 0.619. The van der Waals surface area contributed by atoms with E-state index in [2.05, 4.69) is 20.3 Å². The predicted molar refractivity (Wildman–Crippen MR) is 114 cm³/mol. The molecule has 0 bridgehead atoms. The van der Waals surface area contributed by atoms with Gasteiger partial charge in [-0.3, -0.25) is 9.48 Å². The van der Waals surface area contributed by atoms with Crippen LogP contribution in [-0.4, -0.2) is 24.3 Å². The number of rotatable bonds is 4. The number of anilines is 2. The van der Waals surface area contributed by atoms with Crippen molar-refractivity contribution < 1.29 is 0 Å². The fourth-order valence-electron chi connectivity index (χ4n) is 3.07. The van der Waals surface area contributed by atoms with Gasteiger partial charge in [0.1, 0.15) is 0 Å². The standard InChI is InChI=1S/C21H19ClN6O/c1-13-14(2)27(3)28(20(13)29)19-11-15(7-9-23-19)18-8-10-24-21(26-18)25-17-6-4-5-16(22)12-17/h4-12H,1-3H3,(H,24,25,26). The summed E-state index contributed by atoms with van der Waals surface area (Å²) in [5.41, 5.74) is 3.86. The fourth-order valence-corrected chi connectivity index (χ4v) is 3.26. The van der Waals surface area contributed by atoms with Gasteiger partial charge in [0.05, 0.1) is 5.69 Å². The first-order valence-corrected chi connectivity index (χ1v) is 9.39. The van der Waals surface area contributed by atoms with Gasteiger partial charge in [0, 0.05) is 47.0 Å².